The van der Waals surface area contributed by atoms with Gasteiger partial charge in [-0.25, -0.2) is 9.97 Å². The maximum absolute atomic E-state index is 6.72. The van der Waals surface area contributed by atoms with Crippen LogP contribution in [0.3, 0.4) is 0 Å². The molecule has 7 aromatic carbocycles. The van der Waals surface area contributed by atoms with Crippen LogP contribution in [0.5, 0.6) is 0 Å². The highest BCUT2D eigenvalue weighted by molar-refractivity contribution is 7.26. The van der Waals surface area contributed by atoms with Crippen molar-refractivity contribution in [2.45, 2.75) is 19.3 Å². The van der Waals surface area contributed by atoms with Gasteiger partial charge in [0.1, 0.15) is 11.2 Å². The number of nitrogens with zero attached hydrogens (tertiary/aromatic N) is 2. The summed E-state index contributed by atoms with van der Waals surface area (Å²) in [7, 11) is 0. The number of fused-ring (bicyclic) bond motifs is 9. The molecule has 0 bridgehead atoms. The zero-order valence-electron chi connectivity index (χ0n) is 29.2. The molecule has 0 spiro atoms. The molecule has 0 amide bonds. The van der Waals surface area contributed by atoms with Gasteiger partial charge in [-0.2, -0.15) is 0 Å². The van der Waals surface area contributed by atoms with Gasteiger partial charge in [0.15, 0.2) is 5.82 Å². The van der Waals surface area contributed by atoms with E-state index in [4.69, 9.17) is 14.4 Å². The molecule has 3 heterocycles. The van der Waals surface area contributed by atoms with E-state index in [1.165, 1.54) is 38.1 Å². The number of hydrogen-bond acceptors (Lipinski definition) is 4. The zero-order chi connectivity index (χ0) is 35.3. The molecule has 3 nitrogen and oxygen atoms in total. The lowest BCUT2D eigenvalue weighted by Gasteiger charge is -2.22. The summed E-state index contributed by atoms with van der Waals surface area (Å²) in [5.41, 5.74) is 15.4. The molecule has 0 unspecified atom stereocenters. The molecule has 1 aliphatic carbocycles. The van der Waals surface area contributed by atoms with Crippen molar-refractivity contribution < 1.29 is 4.42 Å². The van der Waals surface area contributed by atoms with Gasteiger partial charge >= 0.3 is 0 Å². The van der Waals surface area contributed by atoms with Crippen molar-refractivity contribution in [1.82, 2.24) is 9.97 Å². The average Bonchev–Trinajstić information content (AvgIpc) is 3.86. The van der Waals surface area contributed by atoms with Gasteiger partial charge in [-0.05, 0) is 69.3 Å². The predicted octanol–water partition coefficient (Wildman–Crippen LogP) is 13.7. The van der Waals surface area contributed by atoms with Crippen LogP contribution >= 0.6 is 11.3 Å². The lowest BCUT2D eigenvalue weighted by Crippen LogP contribution is -2.14. The molecular formula is C49H32N2OS. The van der Waals surface area contributed by atoms with Crippen molar-refractivity contribution in [2.24, 2.45) is 0 Å². The Hall–Kier alpha value is -6.36. The highest BCUT2D eigenvalue weighted by Crippen LogP contribution is 2.50. The van der Waals surface area contributed by atoms with E-state index in [0.717, 1.165) is 65.5 Å². The van der Waals surface area contributed by atoms with E-state index >= 15 is 0 Å². The number of hydrogen-bond donors (Lipinski definition) is 0. The third kappa shape index (κ3) is 4.52. The Morgan fingerprint density at radius 2 is 1.15 bits per heavy atom. The van der Waals surface area contributed by atoms with Crippen LogP contribution in [-0.4, -0.2) is 9.97 Å². The molecule has 0 aliphatic heterocycles. The summed E-state index contributed by atoms with van der Waals surface area (Å²) in [6.45, 7) is 4.67. The van der Waals surface area contributed by atoms with Crippen LogP contribution in [0, 0.1) is 0 Å². The van der Waals surface area contributed by atoms with Crippen LogP contribution in [0.2, 0.25) is 0 Å². The summed E-state index contributed by atoms with van der Waals surface area (Å²) in [5, 5.41) is 3.23. The van der Waals surface area contributed by atoms with E-state index in [0.29, 0.717) is 5.82 Å². The van der Waals surface area contributed by atoms with E-state index in [1.807, 2.05) is 12.1 Å². The number of rotatable bonds is 4. The van der Waals surface area contributed by atoms with Crippen molar-refractivity contribution in [3.63, 3.8) is 0 Å². The number of aromatic nitrogens is 2. The third-order valence-electron chi connectivity index (χ3n) is 11.1. The predicted molar refractivity (Wildman–Crippen MR) is 222 cm³/mol. The van der Waals surface area contributed by atoms with Crippen LogP contribution in [0.25, 0.3) is 98.3 Å². The molecule has 3 aromatic heterocycles. The molecule has 53 heavy (non-hydrogen) atoms. The Balaban J connectivity index is 1.14. The summed E-state index contributed by atoms with van der Waals surface area (Å²) in [4.78, 5) is 10.9. The number of furan rings is 1. The van der Waals surface area contributed by atoms with Gasteiger partial charge in [0.25, 0.3) is 0 Å². The van der Waals surface area contributed by atoms with Gasteiger partial charge in [-0.3, -0.25) is 0 Å². The number of thiophene rings is 1. The summed E-state index contributed by atoms with van der Waals surface area (Å²) in [6.07, 6.45) is 0. The lowest BCUT2D eigenvalue weighted by molar-refractivity contribution is 0.660. The van der Waals surface area contributed by atoms with Crippen molar-refractivity contribution in [2.75, 3.05) is 0 Å². The Bertz CT molecular complexity index is 3080. The van der Waals surface area contributed by atoms with Gasteiger partial charge in [-0.15, -0.1) is 11.3 Å². The Morgan fingerprint density at radius 3 is 2.02 bits per heavy atom. The normalized spacial score (nSPS) is 13.2. The lowest BCUT2D eigenvalue weighted by atomic mass is 9.82. The van der Waals surface area contributed by atoms with E-state index in [1.54, 1.807) is 11.3 Å². The van der Waals surface area contributed by atoms with E-state index in [-0.39, 0.29) is 5.41 Å². The first-order valence-corrected chi connectivity index (χ1v) is 18.9. The minimum atomic E-state index is -0.117. The second-order valence-electron chi connectivity index (χ2n) is 14.5. The van der Waals surface area contributed by atoms with E-state index in [9.17, 15) is 0 Å². The highest BCUT2D eigenvalue weighted by atomic mass is 32.1. The molecule has 4 heteroatoms. The Labute approximate surface area is 310 Å². The van der Waals surface area contributed by atoms with Crippen LogP contribution < -0.4 is 0 Å². The minimum absolute atomic E-state index is 0.117. The first kappa shape index (κ1) is 30.3. The third-order valence-corrected chi connectivity index (χ3v) is 12.3. The molecule has 11 rings (SSSR count). The van der Waals surface area contributed by atoms with Gasteiger partial charge in [0.2, 0.25) is 0 Å². The second-order valence-corrected chi connectivity index (χ2v) is 15.6. The van der Waals surface area contributed by atoms with Crippen LogP contribution in [-0.2, 0) is 5.41 Å². The Kier molecular flexibility index (Phi) is 6.47. The molecule has 250 valence electrons. The molecule has 0 atom stereocenters. The molecule has 0 saturated carbocycles. The van der Waals surface area contributed by atoms with Crippen molar-refractivity contribution in [1.29, 1.82) is 0 Å². The SMILES string of the molecule is CC1(C)c2ccccc2-c2ccc(-c3nc(-c4ccc(-c5ccc(-c6ccccc6)cc5)c5oc6ccccc6c45)nc4c3sc3ccccc34)cc21. The fourth-order valence-electron chi connectivity index (χ4n) is 8.47. The topological polar surface area (TPSA) is 38.9 Å². The van der Waals surface area contributed by atoms with Crippen molar-refractivity contribution >= 4 is 53.6 Å². The molecule has 0 fully saturated rings. The molecule has 0 N–H and O–H groups in total. The molecular weight excluding hydrogens is 665 g/mol. The largest absolute Gasteiger partial charge is 0.455 e. The van der Waals surface area contributed by atoms with E-state index < -0.39 is 0 Å². The molecule has 0 radical (unpaired) electrons. The average molecular weight is 697 g/mol. The van der Waals surface area contributed by atoms with E-state index in [2.05, 4.69) is 159 Å². The van der Waals surface area contributed by atoms with Crippen molar-refractivity contribution in [3.05, 3.63) is 169 Å². The summed E-state index contributed by atoms with van der Waals surface area (Å²) in [6, 6.07) is 56.2. The minimum Gasteiger partial charge on any atom is -0.455 e. The summed E-state index contributed by atoms with van der Waals surface area (Å²) in [5.74, 6) is 0.696. The summed E-state index contributed by atoms with van der Waals surface area (Å²) < 4.78 is 9.03. The van der Waals surface area contributed by atoms with Crippen LogP contribution in [0.4, 0.5) is 0 Å². The fraction of sp³-hybridized carbons (Fsp3) is 0.0612. The first-order chi connectivity index (χ1) is 26.0. The van der Waals surface area contributed by atoms with Gasteiger partial charge in [0.05, 0.1) is 15.9 Å². The van der Waals surface area contributed by atoms with Gasteiger partial charge < -0.3 is 4.42 Å². The molecule has 1 aliphatic rings. The Morgan fingerprint density at radius 1 is 0.509 bits per heavy atom. The van der Waals surface area contributed by atoms with Crippen LogP contribution in [0.15, 0.2) is 162 Å². The maximum atomic E-state index is 6.72. The highest BCUT2D eigenvalue weighted by Gasteiger charge is 2.35. The fourth-order valence-corrected chi connectivity index (χ4v) is 9.63. The van der Waals surface area contributed by atoms with Crippen molar-refractivity contribution in [3.8, 4) is 56.0 Å². The monoisotopic (exact) mass is 696 g/mol. The number of para-hydroxylation sites is 1. The standard InChI is InChI=1S/C49H32N2OS/c1-49(2)39-17-9-6-14-34(39)35-25-24-32(28-40(35)49)44-47-45(37-16-8-11-19-42(37)53-47)51-48(50-44)38-27-26-33(46-43(38)36-15-7-10-18-41(36)52-46)31-22-20-30(21-23-31)29-12-4-3-5-13-29/h3-28H,1-2H3. The zero-order valence-corrected chi connectivity index (χ0v) is 30.0. The van der Waals surface area contributed by atoms with Gasteiger partial charge in [0, 0.05) is 43.0 Å². The second kappa shape index (κ2) is 11.3. The number of benzene rings is 7. The smallest absolute Gasteiger partial charge is 0.161 e. The first-order valence-electron chi connectivity index (χ1n) is 18.1. The molecule has 0 saturated heterocycles. The summed E-state index contributed by atoms with van der Waals surface area (Å²) >= 11 is 1.77. The van der Waals surface area contributed by atoms with Gasteiger partial charge in [-0.1, -0.05) is 141 Å². The quantitative estimate of drug-likeness (QED) is 0.184. The molecule has 10 aromatic rings. The maximum Gasteiger partial charge on any atom is 0.161 e. The van der Waals surface area contributed by atoms with Crippen LogP contribution in [0.1, 0.15) is 25.0 Å².